The molecule has 6 nitrogen and oxygen atoms in total. The molecular formula is C66H104O6. The summed E-state index contributed by atoms with van der Waals surface area (Å²) in [7, 11) is 0. The molecule has 0 aliphatic rings. The van der Waals surface area contributed by atoms with E-state index >= 15 is 0 Å². The first-order valence-electron chi connectivity index (χ1n) is 28.8. The highest BCUT2D eigenvalue weighted by Crippen LogP contribution is 2.13. The molecule has 6 heteroatoms. The lowest BCUT2D eigenvalue weighted by Crippen LogP contribution is -2.30. The molecule has 1 atom stereocenters. The lowest BCUT2D eigenvalue weighted by Gasteiger charge is -2.18. The Morgan fingerprint density at radius 1 is 0.292 bits per heavy atom. The number of ether oxygens (including phenoxy) is 3. The molecule has 0 fully saturated rings. The molecule has 0 radical (unpaired) electrons. The minimum absolute atomic E-state index is 0.104. The zero-order valence-electron chi connectivity index (χ0n) is 46.1. The number of rotatable bonds is 50. The number of esters is 3. The summed E-state index contributed by atoms with van der Waals surface area (Å²) in [5.74, 6) is -0.973. The van der Waals surface area contributed by atoms with Crippen LogP contribution in [0.4, 0.5) is 0 Å². The predicted molar refractivity (Wildman–Crippen MR) is 311 cm³/mol. The molecule has 0 aromatic rings. The van der Waals surface area contributed by atoms with Gasteiger partial charge >= 0.3 is 17.9 Å². The molecule has 0 aromatic heterocycles. The van der Waals surface area contributed by atoms with Crippen molar-refractivity contribution in [1.29, 1.82) is 0 Å². The normalized spacial score (nSPS) is 13.2. The number of carbonyl (C=O) groups excluding carboxylic acids is 3. The topological polar surface area (TPSA) is 78.9 Å². The van der Waals surface area contributed by atoms with Crippen molar-refractivity contribution in [3.63, 3.8) is 0 Å². The van der Waals surface area contributed by atoms with E-state index in [2.05, 4.69) is 167 Å². The molecule has 404 valence electrons. The molecule has 0 heterocycles. The third-order valence-corrected chi connectivity index (χ3v) is 11.6. The van der Waals surface area contributed by atoms with Gasteiger partial charge in [0.15, 0.2) is 6.10 Å². The van der Waals surface area contributed by atoms with Crippen LogP contribution in [0.3, 0.4) is 0 Å². The van der Waals surface area contributed by atoms with Gasteiger partial charge in [-0.2, -0.15) is 0 Å². The lowest BCUT2D eigenvalue weighted by molar-refractivity contribution is -0.167. The fourth-order valence-electron chi connectivity index (χ4n) is 7.33. The first kappa shape index (κ1) is 67.3. The fourth-order valence-corrected chi connectivity index (χ4v) is 7.33. The van der Waals surface area contributed by atoms with Crippen LogP contribution in [-0.4, -0.2) is 37.2 Å². The first-order chi connectivity index (χ1) is 35.5. The fraction of sp³-hybridized carbons (Fsp3) is 0.591. The predicted octanol–water partition coefficient (Wildman–Crippen LogP) is 19.6. The molecular weight excluding hydrogens is 889 g/mol. The van der Waals surface area contributed by atoms with Crippen molar-refractivity contribution in [2.75, 3.05) is 13.2 Å². The minimum atomic E-state index is -0.808. The molecule has 0 amide bonds. The number of hydrogen-bond donors (Lipinski definition) is 0. The molecule has 0 saturated heterocycles. The lowest BCUT2D eigenvalue weighted by atomic mass is 10.1. The highest BCUT2D eigenvalue weighted by atomic mass is 16.6. The maximum absolute atomic E-state index is 12.8. The largest absolute Gasteiger partial charge is 0.462 e. The van der Waals surface area contributed by atoms with Gasteiger partial charge in [-0.1, -0.05) is 237 Å². The van der Waals surface area contributed by atoms with Crippen LogP contribution in [0.25, 0.3) is 0 Å². The second-order valence-electron chi connectivity index (χ2n) is 18.4. The van der Waals surface area contributed by atoms with Crippen molar-refractivity contribution in [3.8, 4) is 0 Å². The van der Waals surface area contributed by atoms with E-state index < -0.39 is 6.10 Å². The first-order valence-corrected chi connectivity index (χ1v) is 28.8. The summed E-state index contributed by atoms with van der Waals surface area (Å²) >= 11 is 0. The molecule has 1 unspecified atom stereocenters. The Bertz CT molecular complexity index is 1610. The van der Waals surface area contributed by atoms with Crippen LogP contribution < -0.4 is 0 Å². The van der Waals surface area contributed by atoms with Gasteiger partial charge in [0.2, 0.25) is 0 Å². The van der Waals surface area contributed by atoms with Gasteiger partial charge in [0.1, 0.15) is 13.2 Å². The Morgan fingerprint density at radius 2 is 0.542 bits per heavy atom. The van der Waals surface area contributed by atoms with Gasteiger partial charge < -0.3 is 14.2 Å². The molecule has 0 aliphatic carbocycles. The Kier molecular flexibility index (Phi) is 55.0. The van der Waals surface area contributed by atoms with E-state index in [0.717, 1.165) is 135 Å². The summed E-state index contributed by atoms with van der Waals surface area (Å²) in [4.78, 5) is 37.9. The molecule has 0 N–H and O–H groups in total. The summed E-state index contributed by atoms with van der Waals surface area (Å²) in [6.07, 6.45) is 84.4. The van der Waals surface area contributed by atoms with E-state index in [1.807, 2.05) is 0 Å². The molecule has 0 bridgehead atoms. The van der Waals surface area contributed by atoms with Gasteiger partial charge in [-0.25, -0.2) is 0 Å². The van der Waals surface area contributed by atoms with Crippen molar-refractivity contribution in [2.45, 2.75) is 239 Å². The van der Waals surface area contributed by atoms with Gasteiger partial charge in [0, 0.05) is 19.3 Å². The summed E-state index contributed by atoms with van der Waals surface area (Å²) in [5.41, 5.74) is 0. The third kappa shape index (κ3) is 56.2. The summed E-state index contributed by atoms with van der Waals surface area (Å²) in [6, 6.07) is 0. The van der Waals surface area contributed by atoms with Crippen molar-refractivity contribution in [1.82, 2.24) is 0 Å². The van der Waals surface area contributed by atoms with E-state index in [-0.39, 0.29) is 37.5 Å². The van der Waals surface area contributed by atoms with Crippen molar-refractivity contribution in [2.24, 2.45) is 0 Å². The highest BCUT2D eigenvalue weighted by molar-refractivity contribution is 5.71. The summed E-state index contributed by atoms with van der Waals surface area (Å²) in [5, 5.41) is 0. The molecule has 0 rings (SSSR count). The van der Waals surface area contributed by atoms with Crippen molar-refractivity contribution in [3.05, 3.63) is 146 Å². The average Bonchev–Trinajstić information content (AvgIpc) is 3.38. The van der Waals surface area contributed by atoms with Crippen molar-refractivity contribution >= 4 is 17.9 Å². The maximum atomic E-state index is 12.8. The van der Waals surface area contributed by atoms with E-state index in [4.69, 9.17) is 14.2 Å². The molecule has 0 spiro atoms. The smallest absolute Gasteiger partial charge is 0.306 e. The van der Waals surface area contributed by atoms with E-state index in [0.29, 0.717) is 19.3 Å². The Hall–Kier alpha value is -4.71. The standard InChI is InChI=1S/C66H104O6/c1-4-7-10-13-16-18-20-22-24-26-28-30-31-32-33-34-35-37-38-40-42-44-46-48-50-53-56-59-65(68)71-62-63(61-70-64(67)58-55-52-15-12-9-6-3)72-66(69)60-57-54-51-49-47-45-43-41-39-36-29-27-25-23-21-19-17-14-11-8-5-2/h7-8,10-11,16-19,22-25,28-30,32-33,35-37,41,43,47,49,63H,4-6,9,12-15,20-21,26-27,31,34,38-40,42,44-46,48,50-62H2,1-3H3/b10-7-,11-8-,18-16-,19-17-,24-22-,25-23-,30-28-,33-32-,36-29-,37-35-,43-41-,49-47-. The monoisotopic (exact) mass is 993 g/mol. The van der Waals surface area contributed by atoms with Crippen LogP contribution in [0, 0.1) is 0 Å². The van der Waals surface area contributed by atoms with Gasteiger partial charge in [0.25, 0.3) is 0 Å². The molecule has 0 aliphatic heterocycles. The average molecular weight is 994 g/mol. The van der Waals surface area contributed by atoms with Gasteiger partial charge in [-0.05, 0) is 122 Å². The van der Waals surface area contributed by atoms with Crippen LogP contribution in [0.15, 0.2) is 146 Å². The Balaban J connectivity index is 4.27. The minimum Gasteiger partial charge on any atom is -0.462 e. The van der Waals surface area contributed by atoms with Crippen LogP contribution in [0.2, 0.25) is 0 Å². The van der Waals surface area contributed by atoms with E-state index in [1.54, 1.807) is 0 Å². The Labute approximate surface area is 442 Å². The zero-order valence-corrected chi connectivity index (χ0v) is 46.1. The highest BCUT2D eigenvalue weighted by Gasteiger charge is 2.19. The molecule has 0 aromatic carbocycles. The van der Waals surface area contributed by atoms with Gasteiger partial charge in [-0.15, -0.1) is 0 Å². The quantitative estimate of drug-likeness (QED) is 0.0261. The second kappa shape index (κ2) is 58.9. The van der Waals surface area contributed by atoms with E-state index in [1.165, 1.54) is 51.4 Å². The van der Waals surface area contributed by atoms with Gasteiger partial charge in [-0.3, -0.25) is 14.4 Å². The van der Waals surface area contributed by atoms with Crippen LogP contribution >= 0.6 is 0 Å². The van der Waals surface area contributed by atoms with Crippen LogP contribution in [0.1, 0.15) is 233 Å². The summed E-state index contributed by atoms with van der Waals surface area (Å²) < 4.78 is 16.7. The maximum Gasteiger partial charge on any atom is 0.306 e. The summed E-state index contributed by atoms with van der Waals surface area (Å²) in [6.45, 7) is 6.29. The number of hydrogen-bond acceptors (Lipinski definition) is 6. The van der Waals surface area contributed by atoms with E-state index in [9.17, 15) is 14.4 Å². The van der Waals surface area contributed by atoms with Crippen molar-refractivity contribution < 1.29 is 28.6 Å². The SMILES string of the molecule is CC/C=C\C/C=C\C/C=C\C/C=C\C/C=C\C/C=C\CCCCCCCCCCC(=O)OCC(COC(=O)CCCCCCCC)OC(=O)CCCC/C=C\C/C=C\C/C=C\C/C=C\C/C=C\C/C=C\CC. The number of allylic oxidation sites excluding steroid dienone is 24. The van der Waals surface area contributed by atoms with Crippen LogP contribution in [-0.2, 0) is 28.6 Å². The number of carbonyl (C=O) groups is 3. The molecule has 72 heavy (non-hydrogen) atoms. The van der Waals surface area contributed by atoms with Crippen LogP contribution in [0.5, 0.6) is 0 Å². The Morgan fingerprint density at radius 3 is 0.875 bits per heavy atom. The molecule has 0 saturated carbocycles. The zero-order chi connectivity index (χ0) is 52.2. The second-order valence-corrected chi connectivity index (χ2v) is 18.4. The number of unbranched alkanes of at least 4 members (excludes halogenated alkanes) is 15. The third-order valence-electron chi connectivity index (χ3n) is 11.6. The van der Waals surface area contributed by atoms with Gasteiger partial charge in [0.05, 0.1) is 0 Å².